The fourth-order valence-corrected chi connectivity index (χ4v) is 1.96. The fraction of sp³-hybridized carbons (Fsp3) is 0.769. The molecule has 5 heteroatoms. The number of hydrogen-bond donors (Lipinski definition) is 0. The first kappa shape index (κ1) is 14.7. The van der Waals surface area contributed by atoms with Gasteiger partial charge in [0.2, 0.25) is 5.95 Å². The molecule has 0 radical (unpaired) electrons. The summed E-state index contributed by atoms with van der Waals surface area (Å²) in [7, 11) is 0. The molecule has 0 bridgehead atoms. The molecule has 1 heterocycles. The maximum absolute atomic E-state index is 4.63. The van der Waals surface area contributed by atoms with E-state index >= 15 is 0 Å². The van der Waals surface area contributed by atoms with Crippen molar-refractivity contribution < 1.29 is 0 Å². The lowest BCUT2D eigenvalue weighted by atomic mass is 10.3. The second kappa shape index (κ2) is 7.84. The predicted octanol–water partition coefficient (Wildman–Crippen LogP) is 2.34. The second-order valence-corrected chi connectivity index (χ2v) is 4.27. The van der Waals surface area contributed by atoms with E-state index in [9.17, 15) is 0 Å². The molecular formula is C13H25N5. The Kier molecular flexibility index (Phi) is 6.39. The van der Waals surface area contributed by atoms with Crippen LogP contribution in [-0.4, -0.2) is 41.4 Å². The molecule has 0 saturated heterocycles. The SMILES string of the molecule is CCCN(CCC)c1cnnc(N(CC)CC)n1. The highest BCUT2D eigenvalue weighted by molar-refractivity contribution is 5.41. The lowest BCUT2D eigenvalue weighted by Crippen LogP contribution is -2.29. The first-order valence-electron chi connectivity index (χ1n) is 6.96. The van der Waals surface area contributed by atoms with Gasteiger partial charge in [-0.3, -0.25) is 0 Å². The summed E-state index contributed by atoms with van der Waals surface area (Å²) in [5, 5.41) is 8.21. The minimum atomic E-state index is 0.731. The highest BCUT2D eigenvalue weighted by Gasteiger charge is 2.11. The van der Waals surface area contributed by atoms with Gasteiger partial charge in [-0.1, -0.05) is 13.8 Å². The quantitative estimate of drug-likeness (QED) is 0.709. The van der Waals surface area contributed by atoms with Gasteiger partial charge in [0.15, 0.2) is 5.82 Å². The molecule has 1 aromatic rings. The Balaban J connectivity index is 2.90. The molecule has 0 aliphatic heterocycles. The van der Waals surface area contributed by atoms with Crippen molar-refractivity contribution in [3.05, 3.63) is 6.20 Å². The molecule has 0 unspecified atom stereocenters. The largest absolute Gasteiger partial charge is 0.355 e. The topological polar surface area (TPSA) is 45.2 Å². The van der Waals surface area contributed by atoms with Crippen LogP contribution >= 0.6 is 0 Å². The van der Waals surface area contributed by atoms with Gasteiger partial charge in [-0.05, 0) is 26.7 Å². The number of hydrogen-bond acceptors (Lipinski definition) is 5. The van der Waals surface area contributed by atoms with Crippen LogP contribution in [0.3, 0.4) is 0 Å². The van der Waals surface area contributed by atoms with Crippen molar-refractivity contribution in [2.75, 3.05) is 36.0 Å². The smallest absolute Gasteiger partial charge is 0.247 e. The van der Waals surface area contributed by atoms with Gasteiger partial charge in [0, 0.05) is 26.2 Å². The van der Waals surface area contributed by atoms with Crippen LogP contribution in [0.2, 0.25) is 0 Å². The lowest BCUT2D eigenvalue weighted by Gasteiger charge is -2.24. The van der Waals surface area contributed by atoms with Crippen molar-refractivity contribution in [2.45, 2.75) is 40.5 Å². The molecule has 0 amide bonds. The zero-order valence-electron chi connectivity index (χ0n) is 12.1. The first-order valence-corrected chi connectivity index (χ1v) is 6.96. The Morgan fingerprint density at radius 2 is 1.56 bits per heavy atom. The van der Waals surface area contributed by atoms with Gasteiger partial charge in [-0.15, -0.1) is 5.10 Å². The Morgan fingerprint density at radius 1 is 0.944 bits per heavy atom. The van der Waals surface area contributed by atoms with Crippen LogP contribution in [0, 0.1) is 0 Å². The highest BCUT2D eigenvalue weighted by Crippen LogP contribution is 2.14. The molecule has 0 aliphatic rings. The number of anilines is 2. The zero-order valence-corrected chi connectivity index (χ0v) is 12.1. The van der Waals surface area contributed by atoms with E-state index in [4.69, 9.17) is 0 Å². The molecule has 0 saturated carbocycles. The molecule has 0 aliphatic carbocycles. The van der Waals surface area contributed by atoms with Crippen LogP contribution in [0.15, 0.2) is 6.20 Å². The highest BCUT2D eigenvalue weighted by atomic mass is 15.3. The summed E-state index contributed by atoms with van der Waals surface area (Å²) in [6, 6.07) is 0. The minimum Gasteiger partial charge on any atom is -0.355 e. The van der Waals surface area contributed by atoms with Crippen molar-refractivity contribution >= 4 is 11.8 Å². The van der Waals surface area contributed by atoms with E-state index in [2.05, 4.69) is 52.7 Å². The normalized spacial score (nSPS) is 10.4. The van der Waals surface area contributed by atoms with E-state index in [1.54, 1.807) is 6.20 Å². The van der Waals surface area contributed by atoms with Crippen molar-refractivity contribution in [3.8, 4) is 0 Å². The predicted molar refractivity (Wildman–Crippen MR) is 76.2 cm³/mol. The van der Waals surface area contributed by atoms with Gasteiger partial charge in [0.25, 0.3) is 0 Å². The maximum atomic E-state index is 4.63. The van der Waals surface area contributed by atoms with Gasteiger partial charge in [0.05, 0.1) is 6.20 Å². The van der Waals surface area contributed by atoms with Crippen LogP contribution in [0.5, 0.6) is 0 Å². The first-order chi connectivity index (χ1) is 8.76. The van der Waals surface area contributed by atoms with Crippen molar-refractivity contribution in [1.29, 1.82) is 0 Å². The summed E-state index contributed by atoms with van der Waals surface area (Å²) < 4.78 is 0. The van der Waals surface area contributed by atoms with Crippen LogP contribution in [-0.2, 0) is 0 Å². The molecule has 5 nitrogen and oxygen atoms in total. The van der Waals surface area contributed by atoms with Crippen LogP contribution in [0.4, 0.5) is 11.8 Å². The molecule has 0 N–H and O–H groups in total. The van der Waals surface area contributed by atoms with Gasteiger partial charge in [0.1, 0.15) is 0 Å². The fourth-order valence-electron chi connectivity index (χ4n) is 1.96. The van der Waals surface area contributed by atoms with E-state index in [1.165, 1.54) is 0 Å². The Morgan fingerprint density at radius 3 is 2.06 bits per heavy atom. The number of rotatable bonds is 8. The molecular weight excluding hydrogens is 226 g/mol. The standard InChI is InChI=1S/C13H25N5/c1-5-9-18(10-6-2)12-11-14-16-13(15-12)17(7-3)8-4/h11H,5-10H2,1-4H3. The third-order valence-electron chi connectivity index (χ3n) is 2.89. The zero-order chi connectivity index (χ0) is 13.4. The molecule has 0 spiro atoms. The van der Waals surface area contributed by atoms with E-state index in [1.807, 2.05) is 0 Å². The lowest BCUT2D eigenvalue weighted by molar-refractivity contribution is 0.718. The number of nitrogens with zero attached hydrogens (tertiary/aromatic N) is 5. The molecule has 0 aromatic carbocycles. The maximum Gasteiger partial charge on any atom is 0.247 e. The monoisotopic (exact) mass is 251 g/mol. The van der Waals surface area contributed by atoms with Gasteiger partial charge >= 0.3 is 0 Å². The average Bonchev–Trinajstić information content (AvgIpc) is 2.40. The van der Waals surface area contributed by atoms with E-state index in [-0.39, 0.29) is 0 Å². The van der Waals surface area contributed by atoms with E-state index in [0.717, 1.165) is 50.8 Å². The van der Waals surface area contributed by atoms with Crippen LogP contribution in [0.25, 0.3) is 0 Å². The summed E-state index contributed by atoms with van der Waals surface area (Å²) >= 11 is 0. The molecule has 1 rings (SSSR count). The Labute approximate surface area is 110 Å². The molecule has 102 valence electrons. The molecule has 1 aromatic heterocycles. The summed E-state index contributed by atoms with van der Waals surface area (Å²) in [4.78, 5) is 9.03. The molecule has 18 heavy (non-hydrogen) atoms. The summed E-state index contributed by atoms with van der Waals surface area (Å²) in [6.07, 6.45) is 3.99. The molecule has 0 atom stereocenters. The van der Waals surface area contributed by atoms with Gasteiger partial charge < -0.3 is 9.80 Å². The van der Waals surface area contributed by atoms with Crippen LogP contribution in [0.1, 0.15) is 40.5 Å². The third-order valence-corrected chi connectivity index (χ3v) is 2.89. The third kappa shape index (κ3) is 3.82. The Bertz CT molecular complexity index is 332. The average molecular weight is 251 g/mol. The Hall–Kier alpha value is -1.39. The van der Waals surface area contributed by atoms with Gasteiger partial charge in [-0.25, -0.2) is 0 Å². The summed E-state index contributed by atoms with van der Waals surface area (Å²) in [5.74, 6) is 1.67. The van der Waals surface area contributed by atoms with E-state index in [0.29, 0.717) is 0 Å². The second-order valence-electron chi connectivity index (χ2n) is 4.27. The van der Waals surface area contributed by atoms with Gasteiger partial charge in [-0.2, -0.15) is 10.1 Å². The van der Waals surface area contributed by atoms with Crippen molar-refractivity contribution in [3.63, 3.8) is 0 Å². The summed E-state index contributed by atoms with van der Waals surface area (Å²) in [6.45, 7) is 12.4. The summed E-state index contributed by atoms with van der Waals surface area (Å²) in [5.41, 5.74) is 0. The minimum absolute atomic E-state index is 0.731. The van der Waals surface area contributed by atoms with Crippen molar-refractivity contribution in [2.24, 2.45) is 0 Å². The number of aromatic nitrogens is 3. The van der Waals surface area contributed by atoms with E-state index < -0.39 is 0 Å². The van der Waals surface area contributed by atoms with Crippen LogP contribution < -0.4 is 9.80 Å². The van der Waals surface area contributed by atoms with Crippen molar-refractivity contribution in [1.82, 2.24) is 15.2 Å². The molecule has 0 fully saturated rings.